The highest BCUT2D eigenvalue weighted by Gasteiger charge is 2.15. The van der Waals surface area contributed by atoms with Crippen LogP contribution in [0, 0.1) is 20.8 Å². The number of fused-ring (bicyclic) bond motifs is 9. The third-order valence-electron chi connectivity index (χ3n) is 16.2. The predicted octanol–water partition coefficient (Wildman–Crippen LogP) is 22.8. The molecule has 0 aliphatic rings. The zero-order valence-electron chi connectivity index (χ0n) is 49.5. The molecule has 0 atom stereocenters. The fourth-order valence-electron chi connectivity index (χ4n) is 11.8. The topological polar surface area (TPSA) is 77.3 Å². The summed E-state index contributed by atoms with van der Waals surface area (Å²) in [7, 11) is 0. The quantitative estimate of drug-likeness (QED) is 0.151. The molecular weight excluding hydrogens is 1150 g/mol. The third kappa shape index (κ3) is 11.6. The Bertz CT molecular complexity index is 5460. The Hall–Kier alpha value is -10.7. The molecule has 6 nitrogen and oxygen atoms in total. The number of thiophene rings is 3. The molecule has 0 aliphatic carbocycles. The van der Waals surface area contributed by atoms with E-state index in [0.717, 1.165) is 85.0 Å². The number of hydrogen-bond donors (Lipinski definition) is 0. The van der Waals surface area contributed by atoms with E-state index in [1.165, 1.54) is 82.8 Å². The van der Waals surface area contributed by atoms with Crippen LogP contribution in [0.1, 0.15) is 17.5 Å². The van der Waals surface area contributed by atoms with Crippen molar-refractivity contribution in [2.45, 2.75) is 20.8 Å². The Morgan fingerprint density at radius 1 is 0.178 bits per heavy atom. The van der Waals surface area contributed by atoms with Crippen molar-refractivity contribution >= 4 is 94.5 Å². The van der Waals surface area contributed by atoms with Crippen molar-refractivity contribution in [3.63, 3.8) is 0 Å². The molecule has 0 saturated carbocycles. The maximum absolute atomic E-state index is 4.76. The molecule has 9 heteroatoms. The van der Waals surface area contributed by atoms with Crippen molar-refractivity contribution in [2.75, 3.05) is 0 Å². The van der Waals surface area contributed by atoms with Crippen molar-refractivity contribution in [1.29, 1.82) is 0 Å². The Balaban J connectivity index is 0.000000113. The normalized spacial score (nSPS) is 11.3. The van der Waals surface area contributed by atoms with Gasteiger partial charge in [-0.3, -0.25) is 0 Å². The lowest BCUT2D eigenvalue weighted by Gasteiger charge is -2.09. The first-order chi connectivity index (χ1) is 44.3. The van der Waals surface area contributed by atoms with Crippen LogP contribution >= 0.6 is 34.0 Å². The molecule has 0 radical (unpaired) electrons. The second-order valence-corrected chi connectivity index (χ2v) is 25.5. The van der Waals surface area contributed by atoms with Crippen LogP contribution in [0.2, 0.25) is 0 Å². The molecule has 0 fully saturated rings. The molecule has 17 rings (SSSR count). The van der Waals surface area contributed by atoms with Crippen LogP contribution in [-0.4, -0.2) is 29.9 Å². The average molecular weight is 1210 g/mol. The fourth-order valence-corrected chi connectivity index (χ4v) is 15.2. The zero-order valence-corrected chi connectivity index (χ0v) is 52.0. The van der Waals surface area contributed by atoms with E-state index >= 15 is 0 Å². The van der Waals surface area contributed by atoms with Crippen LogP contribution in [-0.2, 0) is 0 Å². The molecule has 0 saturated heterocycles. The van der Waals surface area contributed by atoms with Gasteiger partial charge in [-0.15, -0.1) is 34.0 Å². The van der Waals surface area contributed by atoms with Gasteiger partial charge in [0.15, 0.2) is 0 Å². The molecule has 0 amide bonds. The lowest BCUT2D eigenvalue weighted by atomic mass is 10.0. The molecule has 0 spiro atoms. The van der Waals surface area contributed by atoms with Crippen LogP contribution in [0.15, 0.2) is 285 Å². The van der Waals surface area contributed by atoms with E-state index in [0.29, 0.717) is 0 Å². The minimum Gasteiger partial charge on any atom is -0.233 e. The maximum Gasteiger partial charge on any atom is 0.126 e. The van der Waals surface area contributed by atoms with Gasteiger partial charge >= 0.3 is 0 Å². The summed E-state index contributed by atoms with van der Waals surface area (Å²) < 4.78 is 7.82. The smallest absolute Gasteiger partial charge is 0.126 e. The minimum atomic E-state index is 0.777. The van der Waals surface area contributed by atoms with E-state index in [-0.39, 0.29) is 0 Å². The summed E-state index contributed by atoms with van der Waals surface area (Å²) in [6, 6.07) is 100. The molecule has 0 N–H and O–H groups in total. The number of aryl methyl sites for hydroxylation is 3. The molecular formula is C81H56N6S3. The SMILES string of the molecule is Cc1nc(-c2ccc(-c3ccccc3)cc2)cc(-c2ccc3c(c2)sc2ccccc23)n1.Cc1nc(-c2cccc(-c3ccccc3)c2)cc(-c2ccc3c(c2)sc2ccccc23)n1.Cc1nc(-c2ccccc2)cc(-c2ccc3c(c2)sc2ccccc23)n1. The monoisotopic (exact) mass is 1210 g/mol. The first-order valence-electron chi connectivity index (χ1n) is 30.0. The molecule has 0 unspecified atom stereocenters. The van der Waals surface area contributed by atoms with Gasteiger partial charge in [-0.25, -0.2) is 29.9 Å². The van der Waals surface area contributed by atoms with Crippen LogP contribution < -0.4 is 0 Å². The van der Waals surface area contributed by atoms with Crippen LogP contribution in [0.25, 0.3) is 150 Å². The highest BCUT2D eigenvalue weighted by Crippen LogP contribution is 2.40. The lowest BCUT2D eigenvalue weighted by Crippen LogP contribution is -1.95. The van der Waals surface area contributed by atoms with Crippen LogP contribution in [0.5, 0.6) is 0 Å². The highest BCUT2D eigenvalue weighted by atomic mass is 32.1. The molecule has 0 aliphatic heterocycles. The van der Waals surface area contributed by atoms with Crippen LogP contribution in [0.3, 0.4) is 0 Å². The Labute approximate surface area is 533 Å². The van der Waals surface area contributed by atoms with Crippen LogP contribution in [0.4, 0.5) is 0 Å². The fraction of sp³-hybridized carbons (Fsp3) is 0.0370. The van der Waals surface area contributed by atoms with E-state index < -0.39 is 0 Å². The summed E-state index contributed by atoms with van der Waals surface area (Å²) in [5, 5.41) is 7.87. The summed E-state index contributed by atoms with van der Waals surface area (Å²) in [4.78, 5) is 28.3. The van der Waals surface area contributed by atoms with Crippen molar-refractivity contribution in [2.24, 2.45) is 0 Å². The second kappa shape index (κ2) is 24.5. The number of rotatable bonds is 8. The summed E-state index contributed by atoms with van der Waals surface area (Å²) in [6.07, 6.45) is 0. The molecule has 90 heavy (non-hydrogen) atoms. The first kappa shape index (κ1) is 55.9. The van der Waals surface area contributed by atoms with Crippen molar-refractivity contribution in [1.82, 2.24) is 29.9 Å². The standard InChI is InChI=1S/2C29H20N2S.C23H16N2S/c1-19-30-26(22-11-7-10-21(16-22)20-8-3-2-4-9-20)18-27(31-19)23-14-15-25-24-12-5-6-13-28(24)32-29(25)17-23;1-19-30-26(22-13-11-21(12-14-22)20-7-3-2-4-8-20)18-27(31-19)23-15-16-25-24-9-5-6-10-28(24)32-29(25)17-23;1-15-24-20(16-7-3-2-4-8-16)14-21(25-15)17-11-12-19-18-9-5-6-10-22(18)26-23(19)13-17/h2*2-18H,1H3;2-14H,1H3. The molecule has 0 bridgehead atoms. The summed E-state index contributed by atoms with van der Waals surface area (Å²) in [6.45, 7) is 5.88. The van der Waals surface area contributed by atoms with Gasteiger partial charge in [-0.05, 0) is 104 Å². The highest BCUT2D eigenvalue weighted by molar-refractivity contribution is 7.26. The number of hydrogen-bond acceptors (Lipinski definition) is 9. The molecule has 428 valence electrons. The van der Waals surface area contributed by atoms with E-state index in [2.05, 4.69) is 265 Å². The third-order valence-corrected chi connectivity index (χ3v) is 19.6. The predicted molar refractivity (Wildman–Crippen MR) is 382 cm³/mol. The molecule has 11 aromatic carbocycles. The van der Waals surface area contributed by atoms with Gasteiger partial charge in [0, 0.05) is 93.9 Å². The van der Waals surface area contributed by atoms with E-state index in [4.69, 9.17) is 19.9 Å². The van der Waals surface area contributed by atoms with E-state index in [1.54, 1.807) is 0 Å². The first-order valence-corrected chi connectivity index (χ1v) is 32.4. The largest absolute Gasteiger partial charge is 0.233 e. The van der Waals surface area contributed by atoms with E-state index in [9.17, 15) is 0 Å². The van der Waals surface area contributed by atoms with Gasteiger partial charge < -0.3 is 0 Å². The minimum absolute atomic E-state index is 0.777. The lowest BCUT2D eigenvalue weighted by molar-refractivity contribution is 1.06. The van der Waals surface area contributed by atoms with Crippen molar-refractivity contribution in [3.05, 3.63) is 303 Å². The number of aromatic nitrogens is 6. The van der Waals surface area contributed by atoms with Gasteiger partial charge in [0.25, 0.3) is 0 Å². The molecule has 6 aromatic heterocycles. The number of nitrogens with zero attached hydrogens (tertiary/aromatic N) is 6. The van der Waals surface area contributed by atoms with E-state index in [1.807, 2.05) is 85.1 Å². The van der Waals surface area contributed by atoms with Gasteiger partial charge in [0.2, 0.25) is 0 Å². The Kier molecular flexibility index (Phi) is 15.2. The molecule has 6 heterocycles. The summed E-state index contributed by atoms with van der Waals surface area (Å²) >= 11 is 5.49. The average Bonchev–Trinajstić information content (AvgIpc) is 1.88. The van der Waals surface area contributed by atoms with Gasteiger partial charge in [-0.1, -0.05) is 224 Å². The summed E-state index contributed by atoms with van der Waals surface area (Å²) in [5.74, 6) is 2.35. The van der Waals surface area contributed by atoms with Gasteiger partial charge in [0.05, 0.1) is 34.2 Å². The Morgan fingerprint density at radius 3 is 0.811 bits per heavy atom. The summed E-state index contributed by atoms with van der Waals surface area (Å²) in [5.41, 5.74) is 17.2. The number of benzene rings is 11. The van der Waals surface area contributed by atoms with Gasteiger partial charge in [-0.2, -0.15) is 0 Å². The maximum atomic E-state index is 4.76. The Morgan fingerprint density at radius 2 is 0.422 bits per heavy atom. The van der Waals surface area contributed by atoms with Crippen molar-refractivity contribution in [3.8, 4) is 89.8 Å². The van der Waals surface area contributed by atoms with Gasteiger partial charge in [0.1, 0.15) is 17.5 Å². The van der Waals surface area contributed by atoms with Crippen molar-refractivity contribution < 1.29 is 0 Å². The zero-order chi connectivity index (χ0) is 60.5. The molecule has 17 aromatic rings. The second-order valence-electron chi connectivity index (χ2n) is 22.2.